The summed E-state index contributed by atoms with van der Waals surface area (Å²) >= 11 is 0. The van der Waals surface area contributed by atoms with E-state index < -0.39 is 28.4 Å². The maximum atomic E-state index is 13.1. The van der Waals surface area contributed by atoms with Gasteiger partial charge in [0.15, 0.2) is 0 Å². The van der Waals surface area contributed by atoms with Crippen molar-refractivity contribution in [2.45, 2.75) is 12.6 Å². The van der Waals surface area contributed by atoms with E-state index in [4.69, 9.17) is 4.74 Å². The summed E-state index contributed by atoms with van der Waals surface area (Å²) in [5.74, 6) is -1.42. The number of benzene rings is 3. The molecule has 0 bridgehead atoms. The fourth-order valence-electron chi connectivity index (χ4n) is 4.17. The molecule has 1 fully saturated rings. The second kappa shape index (κ2) is 11.0. The lowest BCUT2D eigenvalue weighted by Gasteiger charge is -2.26. The van der Waals surface area contributed by atoms with E-state index in [1.807, 2.05) is 49.3 Å². The summed E-state index contributed by atoms with van der Waals surface area (Å²) in [5, 5.41) is 22.4. The molecular weight excluding hydrogens is 474 g/mol. The van der Waals surface area contributed by atoms with Crippen LogP contribution in [0.25, 0.3) is 5.76 Å². The summed E-state index contributed by atoms with van der Waals surface area (Å²) in [6.07, 6.45) is 0. The number of non-ortho nitro benzene ring substituents is 1. The fourth-order valence-corrected chi connectivity index (χ4v) is 4.17. The molecule has 190 valence electrons. The maximum Gasteiger partial charge on any atom is 0.295 e. The van der Waals surface area contributed by atoms with E-state index in [0.717, 1.165) is 5.56 Å². The molecule has 9 heteroatoms. The van der Waals surface area contributed by atoms with Gasteiger partial charge in [-0.1, -0.05) is 54.6 Å². The predicted molar refractivity (Wildman–Crippen MR) is 138 cm³/mol. The number of ether oxygens (including phenoxy) is 1. The predicted octanol–water partition coefficient (Wildman–Crippen LogP) is 4.16. The molecule has 0 saturated carbocycles. The zero-order chi connectivity index (χ0) is 26.5. The van der Waals surface area contributed by atoms with Gasteiger partial charge in [-0.3, -0.25) is 19.7 Å². The topological polar surface area (TPSA) is 113 Å². The van der Waals surface area contributed by atoms with Crippen molar-refractivity contribution in [2.24, 2.45) is 0 Å². The molecule has 1 atom stereocenters. The molecule has 9 nitrogen and oxygen atoms in total. The van der Waals surface area contributed by atoms with Crippen LogP contribution in [-0.4, -0.2) is 58.7 Å². The smallest absolute Gasteiger partial charge is 0.295 e. The molecule has 4 rings (SSSR count). The highest BCUT2D eigenvalue weighted by atomic mass is 16.6. The van der Waals surface area contributed by atoms with Gasteiger partial charge in [-0.05, 0) is 37.4 Å². The zero-order valence-electron chi connectivity index (χ0n) is 20.5. The van der Waals surface area contributed by atoms with E-state index in [-0.39, 0.29) is 23.4 Å². The number of aliphatic hydroxyl groups is 1. The van der Waals surface area contributed by atoms with Gasteiger partial charge in [-0.2, -0.15) is 0 Å². The first-order valence-electron chi connectivity index (χ1n) is 11.7. The van der Waals surface area contributed by atoms with Crippen molar-refractivity contribution in [3.8, 4) is 5.75 Å². The van der Waals surface area contributed by atoms with E-state index in [2.05, 4.69) is 0 Å². The number of likely N-dealkylation sites (N-methyl/N-ethyl adjacent to an activating group) is 1. The molecule has 37 heavy (non-hydrogen) atoms. The number of aliphatic hydroxyl groups excluding tert-OH is 1. The minimum absolute atomic E-state index is 0.0904. The second-order valence-corrected chi connectivity index (χ2v) is 8.95. The number of rotatable bonds is 9. The molecule has 0 radical (unpaired) electrons. The van der Waals surface area contributed by atoms with Crippen LogP contribution in [0.15, 0.2) is 84.4 Å². The number of hydrogen-bond acceptors (Lipinski definition) is 7. The van der Waals surface area contributed by atoms with Gasteiger partial charge in [0.2, 0.25) is 0 Å². The molecule has 1 N–H and O–H groups in total. The van der Waals surface area contributed by atoms with Gasteiger partial charge in [0.25, 0.3) is 17.4 Å². The average Bonchev–Trinajstić information content (AvgIpc) is 3.16. The third-order valence-electron chi connectivity index (χ3n) is 6.10. The van der Waals surface area contributed by atoms with Gasteiger partial charge in [0.1, 0.15) is 18.1 Å². The highest BCUT2D eigenvalue weighted by molar-refractivity contribution is 6.46. The van der Waals surface area contributed by atoms with Crippen LogP contribution in [-0.2, 0) is 16.2 Å². The van der Waals surface area contributed by atoms with Crippen LogP contribution in [0.1, 0.15) is 22.7 Å². The summed E-state index contributed by atoms with van der Waals surface area (Å²) in [7, 11) is 3.71. The highest BCUT2D eigenvalue weighted by Crippen LogP contribution is 2.40. The molecule has 0 spiro atoms. The third kappa shape index (κ3) is 5.68. The molecule has 3 aromatic carbocycles. The van der Waals surface area contributed by atoms with Crippen LogP contribution in [0, 0.1) is 10.1 Å². The number of likely N-dealkylation sites (tertiary alicyclic amines) is 1. The van der Waals surface area contributed by atoms with Gasteiger partial charge in [-0.15, -0.1) is 0 Å². The van der Waals surface area contributed by atoms with Crippen molar-refractivity contribution in [3.63, 3.8) is 0 Å². The number of amides is 1. The number of carbonyl (C=O) groups is 2. The van der Waals surface area contributed by atoms with Gasteiger partial charge in [0.05, 0.1) is 16.5 Å². The lowest BCUT2D eigenvalue weighted by Crippen LogP contribution is -2.35. The number of carbonyl (C=O) groups excluding carboxylic acids is 2. The van der Waals surface area contributed by atoms with Crippen molar-refractivity contribution in [2.75, 3.05) is 27.2 Å². The van der Waals surface area contributed by atoms with Crippen LogP contribution in [0.3, 0.4) is 0 Å². The van der Waals surface area contributed by atoms with Gasteiger partial charge in [-0.25, -0.2) is 0 Å². The molecule has 1 heterocycles. The van der Waals surface area contributed by atoms with E-state index in [1.165, 1.54) is 29.2 Å². The highest BCUT2D eigenvalue weighted by Gasteiger charge is 2.46. The van der Waals surface area contributed by atoms with Crippen molar-refractivity contribution in [3.05, 3.63) is 111 Å². The minimum atomic E-state index is -0.859. The maximum absolute atomic E-state index is 13.1. The SMILES string of the molecule is CN(C)CCN1C(=O)C(=O)/C(=C(\O)c2cccc([N+](=O)[O-])c2)C1c1ccc(OCc2ccccc2)cc1. The fraction of sp³-hybridized carbons (Fsp3) is 0.214. The van der Waals surface area contributed by atoms with E-state index in [9.17, 15) is 24.8 Å². The zero-order valence-corrected chi connectivity index (χ0v) is 20.5. The molecule has 1 aliphatic heterocycles. The molecule has 1 unspecified atom stereocenters. The third-order valence-corrected chi connectivity index (χ3v) is 6.10. The Morgan fingerprint density at radius 3 is 2.38 bits per heavy atom. The van der Waals surface area contributed by atoms with Crippen LogP contribution in [0.2, 0.25) is 0 Å². The van der Waals surface area contributed by atoms with Gasteiger partial charge < -0.3 is 19.6 Å². The quantitative estimate of drug-likeness (QED) is 0.154. The Hall–Kier alpha value is -4.50. The van der Waals surface area contributed by atoms with Crippen molar-refractivity contribution >= 4 is 23.1 Å². The summed E-state index contributed by atoms with van der Waals surface area (Å²) in [6.45, 7) is 1.13. The summed E-state index contributed by atoms with van der Waals surface area (Å²) in [4.78, 5) is 40.1. The molecule has 1 amide bonds. The Bertz CT molecular complexity index is 1340. The average molecular weight is 502 g/mol. The van der Waals surface area contributed by atoms with E-state index in [1.54, 1.807) is 24.3 Å². The van der Waals surface area contributed by atoms with Crippen LogP contribution < -0.4 is 4.74 Å². The van der Waals surface area contributed by atoms with Crippen LogP contribution in [0.5, 0.6) is 5.75 Å². The number of nitro benzene ring substituents is 1. The van der Waals surface area contributed by atoms with Crippen molar-refractivity contribution < 1.29 is 24.4 Å². The molecule has 1 aliphatic rings. The Morgan fingerprint density at radius 2 is 1.73 bits per heavy atom. The normalized spacial score (nSPS) is 16.8. The van der Waals surface area contributed by atoms with Crippen molar-refractivity contribution in [1.29, 1.82) is 0 Å². The first-order valence-corrected chi connectivity index (χ1v) is 11.7. The standard InChI is InChI=1S/C28H27N3O6/c1-29(2)15-16-30-25(20-11-13-23(14-12-20)37-18-19-7-4-3-5-8-19)24(27(33)28(30)34)26(32)21-9-6-10-22(17-21)31(35)36/h3-14,17,25,32H,15-16,18H2,1-2H3/b26-24-. The van der Waals surface area contributed by atoms with Crippen molar-refractivity contribution in [1.82, 2.24) is 9.80 Å². The molecule has 0 aromatic heterocycles. The Balaban J connectivity index is 1.71. The molecule has 0 aliphatic carbocycles. The Morgan fingerprint density at radius 1 is 1.03 bits per heavy atom. The number of Topliss-reactive ketones (excluding diaryl/α,β-unsaturated/α-hetero) is 1. The first kappa shape index (κ1) is 25.6. The van der Waals surface area contributed by atoms with E-state index >= 15 is 0 Å². The lowest BCUT2D eigenvalue weighted by atomic mass is 9.95. The largest absolute Gasteiger partial charge is 0.507 e. The second-order valence-electron chi connectivity index (χ2n) is 8.95. The number of nitrogens with zero attached hydrogens (tertiary/aromatic N) is 3. The summed E-state index contributed by atoms with van der Waals surface area (Å²) < 4.78 is 5.86. The van der Waals surface area contributed by atoms with Crippen LogP contribution in [0.4, 0.5) is 5.69 Å². The van der Waals surface area contributed by atoms with Gasteiger partial charge >= 0.3 is 0 Å². The Kier molecular flexibility index (Phi) is 7.64. The lowest BCUT2D eigenvalue weighted by molar-refractivity contribution is -0.384. The van der Waals surface area contributed by atoms with Gasteiger partial charge in [0, 0.05) is 30.8 Å². The molecule has 3 aromatic rings. The molecular formula is C28H27N3O6. The number of ketones is 1. The summed E-state index contributed by atoms with van der Waals surface area (Å²) in [5.41, 5.74) is 1.37. The van der Waals surface area contributed by atoms with E-state index in [0.29, 0.717) is 24.5 Å². The monoisotopic (exact) mass is 501 g/mol. The summed E-state index contributed by atoms with van der Waals surface area (Å²) in [6, 6.07) is 21.2. The van der Waals surface area contributed by atoms with Crippen LogP contribution >= 0.6 is 0 Å². The number of hydrogen-bond donors (Lipinski definition) is 1. The minimum Gasteiger partial charge on any atom is -0.507 e. The number of nitro groups is 1. The first-order chi connectivity index (χ1) is 17.8. The molecule has 1 saturated heterocycles. The Labute approximate surface area is 214 Å².